The van der Waals surface area contributed by atoms with Crippen molar-refractivity contribution in [3.05, 3.63) is 71.0 Å². The number of benzene rings is 2. The molecule has 1 unspecified atom stereocenters. The van der Waals surface area contributed by atoms with Gasteiger partial charge in [0.1, 0.15) is 11.9 Å². The molecule has 0 saturated heterocycles. The Morgan fingerprint density at radius 2 is 1.86 bits per heavy atom. The van der Waals surface area contributed by atoms with Crippen LogP contribution in [0.1, 0.15) is 22.7 Å². The van der Waals surface area contributed by atoms with E-state index in [1.165, 1.54) is 12.1 Å². The van der Waals surface area contributed by atoms with Gasteiger partial charge in [-0.25, -0.2) is 4.39 Å². The molecule has 0 heterocycles. The third kappa shape index (κ3) is 4.13. The molecule has 0 bridgehead atoms. The van der Waals surface area contributed by atoms with Crippen LogP contribution < -0.4 is 5.32 Å². The van der Waals surface area contributed by atoms with Gasteiger partial charge in [-0.05, 0) is 42.2 Å². The zero-order valence-electron chi connectivity index (χ0n) is 11.8. The van der Waals surface area contributed by atoms with Gasteiger partial charge in [-0.2, -0.15) is 0 Å². The Labute approximate surface area is 123 Å². The SMILES string of the molecule is Cc1ccccc1C(NCCc1ccc(F)cc1)C(=O)O. The van der Waals surface area contributed by atoms with Crippen molar-refractivity contribution in [2.24, 2.45) is 0 Å². The van der Waals surface area contributed by atoms with Crippen LogP contribution in [0, 0.1) is 12.7 Å². The molecule has 0 fully saturated rings. The minimum Gasteiger partial charge on any atom is -0.480 e. The molecule has 4 heteroatoms. The summed E-state index contributed by atoms with van der Waals surface area (Å²) >= 11 is 0. The van der Waals surface area contributed by atoms with E-state index in [1.807, 2.05) is 31.2 Å². The third-order valence-electron chi connectivity index (χ3n) is 3.42. The highest BCUT2D eigenvalue weighted by atomic mass is 19.1. The molecule has 110 valence electrons. The van der Waals surface area contributed by atoms with Gasteiger partial charge >= 0.3 is 5.97 Å². The molecule has 0 radical (unpaired) electrons. The van der Waals surface area contributed by atoms with Gasteiger partial charge in [-0.15, -0.1) is 0 Å². The van der Waals surface area contributed by atoms with Crippen LogP contribution in [-0.4, -0.2) is 17.6 Å². The van der Waals surface area contributed by atoms with Crippen LogP contribution in [0.2, 0.25) is 0 Å². The minimum atomic E-state index is -0.900. The number of rotatable bonds is 6. The lowest BCUT2D eigenvalue weighted by Crippen LogP contribution is -2.30. The van der Waals surface area contributed by atoms with Gasteiger partial charge in [-0.3, -0.25) is 4.79 Å². The molecule has 21 heavy (non-hydrogen) atoms. The van der Waals surface area contributed by atoms with Crippen LogP contribution in [0.4, 0.5) is 4.39 Å². The fourth-order valence-corrected chi connectivity index (χ4v) is 2.25. The molecule has 0 aliphatic carbocycles. The second-order valence-electron chi connectivity index (χ2n) is 4.96. The molecule has 2 rings (SSSR count). The molecule has 2 N–H and O–H groups in total. The number of carbonyl (C=O) groups is 1. The average molecular weight is 287 g/mol. The summed E-state index contributed by atoms with van der Waals surface area (Å²) < 4.78 is 12.8. The summed E-state index contributed by atoms with van der Waals surface area (Å²) in [5.74, 6) is -1.17. The number of carboxylic acid groups (broad SMARTS) is 1. The van der Waals surface area contributed by atoms with E-state index in [4.69, 9.17) is 0 Å². The summed E-state index contributed by atoms with van der Waals surface area (Å²) in [6.45, 7) is 2.41. The normalized spacial score (nSPS) is 12.1. The van der Waals surface area contributed by atoms with Gasteiger partial charge in [0.2, 0.25) is 0 Å². The van der Waals surface area contributed by atoms with Crippen molar-refractivity contribution in [2.75, 3.05) is 6.54 Å². The van der Waals surface area contributed by atoms with Crippen molar-refractivity contribution in [1.29, 1.82) is 0 Å². The summed E-state index contributed by atoms with van der Waals surface area (Å²) in [6.07, 6.45) is 0.649. The van der Waals surface area contributed by atoms with E-state index in [9.17, 15) is 14.3 Å². The molecule has 0 spiro atoms. The number of aliphatic carboxylic acids is 1. The van der Waals surface area contributed by atoms with Crippen LogP contribution in [-0.2, 0) is 11.2 Å². The highest BCUT2D eigenvalue weighted by Gasteiger charge is 2.20. The first-order chi connectivity index (χ1) is 10.1. The van der Waals surface area contributed by atoms with E-state index >= 15 is 0 Å². The minimum absolute atomic E-state index is 0.268. The summed E-state index contributed by atoms with van der Waals surface area (Å²) in [5, 5.41) is 12.4. The van der Waals surface area contributed by atoms with Crippen molar-refractivity contribution in [1.82, 2.24) is 5.32 Å². The molecule has 3 nitrogen and oxygen atoms in total. The Hall–Kier alpha value is -2.20. The first-order valence-corrected chi connectivity index (χ1v) is 6.84. The molecule has 2 aromatic carbocycles. The molecule has 1 atom stereocenters. The average Bonchev–Trinajstić information content (AvgIpc) is 2.46. The second kappa shape index (κ2) is 6.99. The van der Waals surface area contributed by atoms with Crippen LogP contribution >= 0.6 is 0 Å². The smallest absolute Gasteiger partial charge is 0.325 e. The van der Waals surface area contributed by atoms with Crippen LogP contribution in [0.15, 0.2) is 48.5 Å². The summed E-state index contributed by atoms with van der Waals surface area (Å²) in [7, 11) is 0. The standard InChI is InChI=1S/C17H18FNO2/c1-12-4-2-3-5-15(12)16(17(20)21)19-11-10-13-6-8-14(18)9-7-13/h2-9,16,19H,10-11H2,1H3,(H,20,21). The van der Waals surface area contributed by atoms with E-state index in [-0.39, 0.29) is 5.82 Å². The maximum atomic E-state index is 12.8. The molecule has 2 aromatic rings. The predicted octanol–water partition coefficient (Wildman–Crippen LogP) is 3.09. The first kappa shape index (κ1) is 15.2. The maximum absolute atomic E-state index is 12.8. The Bertz CT molecular complexity index is 610. The van der Waals surface area contributed by atoms with Crippen molar-refractivity contribution >= 4 is 5.97 Å². The van der Waals surface area contributed by atoms with Crippen molar-refractivity contribution in [2.45, 2.75) is 19.4 Å². The topological polar surface area (TPSA) is 49.3 Å². The number of carboxylic acids is 1. The fraction of sp³-hybridized carbons (Fsp3) is 0.235. The monoisotopic (exact) mass is 287 g/mol. The Morgan fingerprint density at radius 3 is 2.48 bits per heavy atom. The highest BCUT2D eigenvalue weighted by molar-refractivity contribution is 5.76. The van der Waals surface area contributed by atoms with Gasteiger partial charge in [0.15, 0.2) is 0 Å². The third-order valence-corrected chi connectivity index (χ3v) is 3.42. The van der Waals surface area contributed by atoms with Crippen molar-refractivity contribution in [3.8, 4) is 0 Å². The predicted molar refractivity (Wildman–Crippen MR) is 79.7 cm³/mol. The molecular weight excluding hydrogens is 269 g/mol. The lowest BCUT2D eigenvalue weighted by Gasteiger charge is -2.17. The van der Waals surface area contributed by atoms with E-state index < -0.39 is 12.0 Å². The quantitative estimate of drug-likeness (QED) is 0.858. The zero-order valence-corrected chi connectivity index (χ0v) is 11.8. The summed E-state index contributed by atoms with van der Waals surface area (Å²) in [5.41, 5.74) is 2.68. The number of nitrogens with one attached hydrogen (secondary N) is 1. The van der Waals surface area contributed by atoms with Gasteiger partial charge in [0.05, 0.1) is 0 Å². The molecular formula is C17H18FNO2. The Morgan fingerprint density at radius 1 is 1.19 bits per heavy atom. The van der Waals surface area contributed by atoms with E-state index in [0.29, 0.717) is 13.0 Å². The number of halogens is 1. The number of hydrogen-bond acceptors (Lipinski definition) is 2. The zero-order chi connectivity index (χ0) is 15.2. The van der Waals surface area contributed by atoms with Gasteiger partial charge in [-0.1, -0.05) is 36.4 Å². The molecule has 0 amide bonds. The summed E-state index contributed by atoms with van der Waals surface area (Å²) in [6, 6.07) is 12.9. The van der Waals surface area contributed by atoms with Gasteiger partial charge in [0.25, 0.3) is 0 Å². The first-order valence-electron chi connectivity index (χ1n) is 6.84. The summed E-state index contributed by atoms with van der Waals surface area (Å²) in [4.78, 5) is 11.4. The molecule has 0 saturated carbocycles. The Kier molecular flexibility index (Phi) is 5.06. The van der Waals surface area contributed by atoms with Gasteiger partial charge < -0.3 is 10.4 Å². The number of aryl methyl sites for hydroxylation is 1. The van der Waals surface area contributed by atoms with Crippen LogP contribution in [0.25, 0.3) is 0 Å². The van der Waals surface area contributed by atoms with E-state index in [2.05, 4.69) is 5.32 Å². The number of hydrogen-bond donors (Lipinski definition) is 2. The molecule has 0 aromatic heterocycles. The van der Waals surface area contributed by atoms with Gasteiger partial charge in [0, 0.05) is 6.54 Å². The van der Waals surface area contributed by atoms with Crippen LogP contribution in [0.3, 0.4) is 0 Å². The highest BCUT2D eigenvalue weighted by Crippen LogP contribution is 2.17. The lowest BCUT2D eigenvalue weighted by atomic mass is 10.0. The Balaban J connectivity index is 2.00. The van der Waals surface area contributed by atoms with Crippen LogP contribution in [0.5, 0.6) is 0 Å². The molecule has 0 aliphatic heterocycles. The van der Waals surface area contributed by atoms with E-state index in [0.717, 1.165) is 16.7 Å². The van der Waals surface area contributed by atoms with Crippen molar-refractivity contribution in [3.63, 3.8) is 0 Å². The molecule has 0 aliphatic rings. The second-order valence-corrected chi connectivity index (χ2v) is 4.96. The maximum Gasteiger partial charge on any atom is 0.325 e. The lowest BCUT2D eigenvalue weighted by molar-refractivity contribution is -0.139. The van der Waals surface area contributed by atoms with Crippen molar-refractivity contribution < 1.29 is 14.3 Å². The largest absolute Gasteiger partial charge is 0.480 e. The fourth-order valence-electron chi connectivity index (χ4n) is 2.25. The van der Waals surface area contributed by atoms with E-state index in [1.54, 1.807) is 12.1 Å².